The van der Waals surface area contributed by atoms with E-state index in [2.05, 4.69) is 0 Å². The van der Waals surface area contributed by atoms with E-state index >= 15 is 0 Å². The molecular formula is C11H16FNO. The van der Waals surface area contributed by atoms with Gasteiger partial charge >= 0.3 is 0 Å². The van der Waals surface area contributed by atoms with Gasteiger partial charge in [-0.1, -0.05) is 12.1 Å². The Hall–Kier alpha value is -1.09. The van der Waals surface area contributed by atoms with Crippen molar-refractivity contribution in [3.05, 3.63) is 29.8 Å². The third-order valence-corrected chi connectivity index (χ3v) is 1.95. The molecule has 0 bridgehead atoms. The molecule has 0 aliphatic heterocycles. The molecule has 0 radical (unpaired) electrons. The number of hydrogen-bond acceptors (Lipinski definition) is 2. The van der Waals surface area contributed by atoms with Crippen molar-refractivity contribution in [3.8, 4) is 5.75 Å². The number of aryl methyl sites for hydroxylation is 1. The van der Waals surface area contributed by atoms with E-state index < -0.39 is 5.67 Å². The molecule has 0 spiro atoms. The van der Waals surface area contributed by atoms with Gasteiger partial charge in [-0.2, -0.15) is 0 Å². The SMILES string of the molecule is Cc1cccc(OCC(C)(F)CN)c1. The molecule has 14 heavy (non-hydrogen) atoms. The first kappa shape index (κ1) is 11.0. The molecule has 2 N–H and O–H groups in total. The summed E-state index contributed by atoms with van der Waals surface area (Å²) in [6.07, 6.45) is 0. The summed E-state index contributed by atoms with van der Waals surface area (Å²) < 4.78 is 18.6. The van der Waals surface area contributed by atoms with Crippen LogP contribution in [0.1, 0.15) is 12.5 Å². The highest BCUT2D eigenvalue weighted by atomic mass is 19.1. The average molecular weight is 197 g/mol. The van der Waals surface area contributed by atoms with E-state index in [1.807, 2.05) is 25.1 Å². The summed E-state index contributed by atoms with van der Waals surface area (Å²) in [5.74, 6) is 0.683. The van der Waals surface area contributed by atoms with Crippen LogP contribution in [-0.2, 0) is 0 Å². The van der Waals surface area contributed by atoms with Crippen LogP contribution in [0.4, 0.5) is 4.39 Å². The molecule has 1 aromatic rings. The fourth-order valence-corrected chi connectivity index (χ4v) is 0.998. The van der Waals surface area contributed by atoms with Crippen LogP contribution in [0.15, 0.2) is 24.3 Å². The summed E-state index contributed by atoms with van der Waals surface area (Å²) in [7, 11) is 0. The molecule has 0 amide bonds. The summed E-state index contributed by atoms with van der Waals surface area (Å²) in [6, 6.07) is 7.51. The fraction of sp³-hybridized carbons (Fsp3) is 0.455. The van der Waals surface area contributed by atoms with Crippen molar-refractivity contribution in [2.75, 3.05) is 13.2 Å². The molecule has 0 aliphatic rings. The molecule has 0 saturated heterocycles. The third kappa shape index (κ3) is 3.34. The van der Waals surface area contributed by atoms with E-state index in [-0.39, 0.29) is 13.2 Å². The first-order chi connectivity index (χ1) is 6.53. The zero-order chi connectivity index (χ0) is 10.6. The summed E-state index contributed by atoms with van der Waals surface area (Å²) in [6.45, 7) is 3.36. The highest BCUT2D eigenvalue weighted by Crippen LogP contribution is 2.15. The quantitative estimate of drug-likeness (QED) is 0.801. The molecule has 0 fully saturated rings. The van der Waals surface area contributed by atoms with Crippen LogP contribution >= 0.6 is 0 Å². The van der Waals surface area contributed by atoms with E-state index in [0.29, 0.717) is 5.75 Å². The molecule has 2 nitrogen and oxygen atoms in total. The second kappa shape index (κ2) is 4.42. The molecule has 1 rings (SSSR count). The minimum absolute atomic E-state index is 0.00699. The maximum Gasteiger partial charge on any atom is 0.154 e. The zero-order valence-corrected chi connectivity index (χ0v) is 8.59. The highest BCUT2D eigenvalue weighted by Gasteiger charge is 2.21. The smallest absolute Gasteiger partial charge is 0.154 e. The van der Waals surface area contributed by atoms with Crippen molar-refractivity contribution in [1.29, 1.82) is 0 Å². The number of rotatable bonds is 4. The van der Waals surface area contributed by atoms with E-state index in [1.54, 1.807) is 6.07 Å². The van der Waals surface area contributed by atoms with Gasteiger partial charge in [0.15, 0.2) is 5.67 Å². The molecule has 1 aromatic carbocycles. The van der Waals surface area contributed by atoms with Gasteiger partial charge in [-0.15, -0.1) is 0 Å². The predicted molar refractivity (Wildman–Crippen MR) is 55.2 cm³/mol. The Bertz CT molecular complexity index is 299. The van der Waals surface area contributed by atoms with Gasteiger partial charge in [-0.3, -0.25) is 0 Å². The van der Waals surface area contributed by atoms with E-state index in [9.17, 15) is 4.39 Å². The van der Waals surface area contributed by atoms with E-state index in [4.69, 9.17) is 10.5 Å². The third-order valence-electron chi connectivity index (χ3n) is 1.95. The molecule has 0 heterocycles. The minimum atomic E-state index is -1.45. The van der Waals surface area contributed by atoms with Crippen LogP contribution in [0.25, 0.3) is 0 Å². The van der Waals surface area contributed by atoms with Crippen molar-refractivity contribution in [2.45, 2.75) is 19.5 Å². The predicted octanol–water partition coefficient (Wildman–Crippen LogP) is 2.06. The van der Waals surface area contributed by atoms with Gasteiger partial charge in [0.25, 0.3) is 0 Å². The average Bonchev–Trinajstić information content (AvgIpc) is 2.15. The minimum Gasteiger partial charge on any atom is -0.490 e. The molecule has 78 valence electrons. The van der Waals surface area contributed by atoms with Crippen molar-refractivity contribution in [3.63, 3.8) is 0 Å². The first-order valence-electron chi connectivity index (χ1n) is 4.62. The second-order valence-corrected chi connectivity index (χ2v) is 3.72. The number of alkyl halides is 1. The van der Waals surface area contributed by atoms with Crippen molar-refractivity contribution in [2.24, 2.45) is 5.73 Å². The lowest BCUT2D eigenvalue weighted by molar-refractivity contribution is 0.110. The lowest BCUT2D eigenvalue weighted by Crippen LogP contribution is -2.35. The molecule has 3 heteroatoms. The largest absolute Gasteiger partial charge is 0.490 e. The van der Waals surface area contributed by atoms with Gasteiger partial charge in [0.2, 0.25) is 0 Å². The number of nitrogens with two attached hydrogens (primary N) is 1. The van der Waals surface area contributed by atoms with Crippen molar-refractivity contribution in [1.82, 2.24) is 0 Å². The number of benzene rings is 1. The van der Waals surface area contributed by atoms with E-state index in [0.717, 1.165) is 5.56 Å². The standard InChI is InChI=1S/C11H16FNO/c1-9-4-3-5-10(6-9)14-8-11(2,12)7-13/h3-6H,7-8,13H2,1-2H3. The summed E-state index contributed by atoms with van der Waals surface area (Å²) in [5, 5.41) is 0. The molecule has 0 aromatic heterocycles. The van der Waals surface area contributed by atoms with E-state index in [1.165, 1.54) is 6.92 Å². The maximum absolute atomic E-state index is 13.4. The Morgan fingerprint density at radius 2 is 2.21 bits per heavy atom. The van der Waals surface area contributed by atoms with Gasteiger partial charge < -0.3 is 10.5 Å². The first-order valence-corrected chi connectivity index (χ1v) is 4.62. The molecular weight excluding hydrogens is 181 g/mol. The number of ether oxygens (including phenoxy) is 1. The Kier molecular flexibility index (Phi) is 3.47. The lowest BCUT2D eigenvalue weighted by atomic mass is 10.1. The lowest BCUT2D eigenvalue weighted by Gasteiger charge is -2.18. The highest BCUT2D eigenvalue weighted by molar-refractivity contribution is 5.27. The van der Waals surface area contributed by atoms with Gasteiger partial charge in [-0.25, -0.2) is 4.39 Å². The van der Waals surface area contributed by atoms with Crippen molar-refractivity contribution < 1.29 is 9.13 Å². The molecule has 1 atom stereocenters. The number of hydrogen-bond donors (Lipinski definition) is 1. The Balaban J connectivity index is 2.54. The van der Waals surface area contributed by atoms with Crippen LogP contribution in [0.2, 0.25) is 0 Å². The summed E-state index contributed by atoms with van der Waals surface area (Å²) in [4.78, 5) is 0. The van der Waals surface area contributed by atoms with Crippen LogP contribution in [0.5, 0.6) is 5.75 Å². The zero-order valence-electron chi connectivity index (χ0n) is 8.59. The second-order valence-electron chi connectivity index (χ2n) is 3.72. The fourth-order valence-electron chi connectivity index (χ4n) is 0.998. The van der Waals surface area contributed by atoms with Crippen LogP contribution in [0, 0.1) is 6.92 Å². The summed E-state index contributed by atoms with van der Waals surface area (Å²) >= 11 is 0. The van der Waals surface area contributed by atoms with Crippen LogP contribution in [0.3, 0.4) is 0 Å². The van der Waals surface area contributed by atoms with Gasteiger partial charge in [0.05, 0.1) is 0 Å². The molecule has 0 saturated carbocycles. The Labute approximate surface area is 83.9 Å². The van der Waals surface area contributed by atoms with Gasteiger partial charge in [0, 0.05) is 6.54 Å². The Morgan fingerprint density at radius 3 is 2.79 bits per heavy atom. The molecule has 1 unspecified atom stereocenters. The monoisotopic (exact) mass is 197 g/mol. The van der Waals surface area contributed by atoms with Crippen LogP contribution in [-0.4, -0.2) is 18.8 Å². The topological polar surface area (TPSA) is 35.2 Å². The van der Waals surface area contributed by atoms with Crippen LogP contribution < -0.4 is 10.5 Å². The summed E-state index contributed by atoms with van der Waals surface area (Å²) in [5.41, 5.74) is 4.88. The van der Waals surface area contributed by atoms with Gasteiger partial charge in [-0.05, 0) is 31.5 Å². The Morgan fingerprint density at radius 1 is 1.50 bits per heavy atom. The van der Waals surface area contributed by atoms with Crippen molar-refractivity contribution >= 4 is 0 Å². The van der Waals surface area contributed by atoms with Gasteiger partial charge in [0.1, 0.15) is 12.4 Å². The maximum atomic E-state index is 13.4. The molecule has 0 aliphatic carbocycles. The number of halogens is 1. The normalized spacial score (nSPS) is 14.9.